The van der Waals surface area contributed by atoms with E-state index < -0.39 is 22.2 Å². The van der Waals surface area contributed by atoms with Crippen LogP contribution < -0.4 is 4.72 Å². The number of aliphatic carboxylic acids is 1. The molecule has 0 fully saturated rings. The Bertz CT molecular complexity index is 916. The number of alkyl halides is 3. The highest BCUT2D eigenvalue weighted by molar-refractivity contribution is 7.89. The smallest absolute Gasteiger partial charge is 0.475 e. The molecule has 1 aromatic carbocycles. The quantitative estimate of drug-likeness (QED) is 0.757. The van der Waals surface area contributed by atoms with Crippen LogP contribution in [-0.2, 0) is 27.9 Å². The van der Waals surface area contributed by atoms with Crippen LogP contribution in [0.2, 0.25) is 0 Å². The summed E-state index contributed by atoms with van der Waals surface area (Å²) in [4.78, 5) is 11.4. The van der Waals surface area contributed by atoms with Gasteiger partial charge in [-0.2, -0.15) is 18.3 Å². The Kier molecular flexibility index (Phi) is 7.38. The molecule has 12 heteroatoms. The average Bonchev–Trinajstić information content (AvgIpc) is 3.00. The summed E-state index contributed by atoms with van der Waals surface area (Å²) in [6.45, 7) is 2.80. The summed E-state index contributed by atoms with van der Waals surface area (Å²) in [5, 5.41) is 11.4. The highest BCUT2D eigenvalue weighted by Crippen LogP contribution is 2.15. The number of aromatic nitrogens is 2. The fourth-order valence-corrected chi connectivity index (χ4v) is 3.92. The van der Waals surface area contributed by atoms with E-state index in [0.29, 0.717) is 11.4 Å². The van der Waals surface area contributed by atoms with Gasteiger partial charge in [-0.05, 0) is 25.2 Å². The van der Waals surface area contributed by atoms with Crippen LogP contribution in [0.3, 0.4) is 0 Å². The molecular weight excluding hydrogens is 413 g/mol. The van der Waals surface area contributed by atoms with Gasteiger partial charge < -0.3 is 10.0 Å². The van der Waals surface area contributed by atoms with Crippen molar-refractivity contribution in [3.63, 3.8) is 0 Å². The Morgan fingerprint density at radius 3 is 2.45 bits per heavy atom. The molecule has 1 aromatic heterocycles. The summed E-state index contributed by atoms with van der Waals surface area (Å²) < 4.78 is 61.0. The van der Waals surface area contributed by atoms with Crippen LogP contribution in [0.1, 0.15) is 5.69 Å². The van der Waals surface area contributed by atoms with Crippen LogP contribution in [0.15, 0.2) is 47.5 Å². The first-order chi connectivity index (χ1) is 13.5. The highest BCUT2D eigenvalue weighted by Gasteiger charge is 2.38. The van der Waals surface area contributed by atoms with E-state index in [-0.39, 0.29) is 5.92 Å². The summed E-state index contributed by atoms with van der Waals surface area (Å²) in [6.07, 6.45) is -3.29. The SMILES string of the molecule is CN1Cc2ccnn2CC(CNS(=O)(=O)c2ccccc2)C1.O=C(O)C(F)(F)F. The number of benzene rings is 1. The molecule has 0 bridgehead atoms. The lowest BCUT2D eigenvalue weighted by atomic mass is 10.1. The summed E-state index contributed by atoms with van der Waals surface area (Å²) in [6, 6.07) is 10.5. The Balaban J connectivity index is 0.000000370. The maximum Gasteiger partial charge on any atom is 0.490 e. The second-order valence-electron chi connectivity index (χ2n) is 6.54. The molecule has 0 amide bonds. The van der Waals surface area contributed by atoms with Crippen molar-refractivity contribution in [3.8, 4) is 0 Å². The van der Waals surface area contributed by atoms with E-state index in [2.05, 4.69) is 14.7 Å². The highest BCUT2D eigenvalue weighted by atomic mass is 32.2. The van der Waals surface area contributed by atoms with Crippen molar-refractivity contribution in [3.05, 3.63) is 48.3 Å². The van der Waals surface area contributed by atoms with Gasteiger partial charge in [0.15, 0.2) is 0 Å². The Morgan fingerprint density at radius 1 is 1.24 bits per heavy atom. The molecule has 1 aliphatic heterocycles. The van der Waals surface area contributed by atoms with Crippen molar-refractivity contribution in [1.29, 1.82) is 0 Å². The van der Waals surface area contributed by atoms with Gasteiger partial charge in [0.1, 0.15) is 0 Å². The number of nitrogens with one attached hydrogen (secondary N) is 1. The fraction of sp³-hybridized carbons (Fsp3) is 0.412. The number of carboxylic acid groups (broad SMARTS) is 1. The van der Waals surface area contributed by atoms with E-state index in [1.54, 1.807) is 36.5 Å². The average molecular weight is 434 g/mol. The van der Waals surface area contributed by atoms with E-state index >= 15 is 0 Å². The van der Waals surface area contributed by atoms with E-state index in [1.807, 2.05) is 17.8 Å². The molecule has 1 aliphatic rings. The summed E-state index contributed by atoms with van der Waals surface area (Å²) in [7, 11) is -1.41. The van der Waals surface area contributed by atoms with Crippen molar-refractivity contribution in [1.82, 2.24) is 19.4 Å². The van der Waals surface area contributed by atoms with Gasteiger partial charge in [0.2, 0.25) is 10.0 Å². The molecule has 0 aliphatic carbocycles. The zero-order chi connectivity index (χ0) is 21.7. The van der Waals surface area contributed by atoms with E-state index in [4.69, 9.17) is 9.90 Å². The van der Waals surface area contributed by atoms with Gasteiger partial charge in [0.05, 0.1) is 10.6 Å². The summed E-state index contributed by atoms with van der Waals surface area (Å²) in [5.74, 6) is -2.57. The molecule has 160 valence electrons. The maximum absolute atomic E-state index is 12.3. The molecular formula is C17H21F3N4O4S. The van der Waals surface area contributed by atoms with Crippen LogP contribution in [0, 0.1) is 5.92 Å². The van der Waals surface area contributed by atoms with Crippen molar-refractivity contribution in [2.75, 3.05) is 20.1 Å². The molecule has 0 saturated carbocycles. The van der Waals surface area contributed by atoms with E-state index in [0.717, 1.165) is 25.3 Å². The lowest BCUT2D eigenvalue weighted by Gasteiger charge is -2.20. The topological polar surface area (TPSA) is 105 Å². The van der Waals surface area contributed by atoms with Crippen LogP contribution >= 0.6 is 0 Å². The number of rotatable bonds is 4. The minimum Gasteiger partial charge on any atom is -0.475 e. The molecule has 2 heterocycles. The molecule has 0 spiro atoms. The standard InChI is InChI=1S/C15H20N4O2S.C2HF3O2/c1-18-10-13(11-19-14(12-18)7-8-16-19)9-17-22(20,21)15-5-3-2-4-6-15;3-2(4,5)1(6)7/h2-8,13,17H,9-12H2,1H3;(H,6,7). The maximum atomic E-state index is 12.3. The number of hydrogen-bond donors (Lipinski definition) is 2. The van der Waals surface area contributed by atoms with Crippen molar-refractivity contribution in [2.24, 2.45) is 5.92 Å². The Labute approximate surface area is 166 Å². The first-order valence-corrected chi connectivity index (χ1v) is 10.0. The number of hydrogen-bond acceptors (Lipinski definition) is 5. The zero-order valence-electron chi connectivity index (χ0n) is 15.5. The third-order valence-electron chi connectivity index (χ3n) is 4.10. The molecule has 0 saturated heterocycles. The lowest BCUT2D eigenvalue weighted by molar-refractivity contribution is -0.192. The number of nitrogens with zero attached hydrogens (tertiary/aromatic N) is 3. The normalized spacial score (nSPS) is 17.6. The van der Waals surface area contributed by atoms with Crippen molar-refractivity contribution in [2.45, 2.75) is 24.2 Å². The number of carbonyl (C=O) groups is 1. The van der Waals surface area contributed by atoms with Crippen molar-refractivity contribution < 1.29 is 31.5 Å². The first kappa shape index (κ1) is 22.8. The molecule has 1 atom stereocenters. The van der Waals surface area contributed by atoms with Gasteiger partial charge in [-0.1, -0.05) is 18.2 Å². The largest absolute Gasteiger partial charge is 0.490 e. The predicted octanol–water partition coefficient (Wildman–Crippen LogP) is 1.56. The molecule has 29 heavy (non-hydrogen) atoms. The molecule has 1 unspecified atom stereocenters. The lowest BCUT2D eigenvalue weighted by Crippen LogP contribution is -2.35. The van der Waals surface area contributed by atoms with Crippen molar-refractivity contribution >= 4 is 16.0 Å². The molecule has 3 rings (SSSR count). The van der Waals surface area contributed by atoms with Gasteiger partial charge >= 0.3 is 12.1 Å². The van der Waals surface area contributed by atoms with Crippen LogP contribution in [-0.4, -0.2) is 60.5 Å². The van der Waals surface area contributed by atoms with Gasteiger partial charge in [-0.25, -0.2) is 17.9 Å². The number of fused-ring (bicyclic) bond motifs is 1. The van der Waals surface area contributed by atoms with Gasteiger partial charge in [-0.15, -0.1) is 0 Å². The minimum atomic E-state index is -5.08. The predicted molar refractivity (Wildman–Crippen MR) is 97.4 cm³/mol. The van der Waals surface area contributed by atoms with E-state index in [9.17, 15) is 21.6 Å². The van der Waals surface area contributed by atoms with Gasteiger partial charge in [-0.3, -0.25) is 4.68 Å². The number of carboxylic acids is 1. The second kappa shape index (κ2) is 9.37. The summed E-state index contributed by atoms with van der Waals surface area (Å²) in [5.41, 5.74) is 1.16. The number of halogens is 3. The molecule has 8 nitrogen and oxygen atoms in total. The summed E-state index contributed by atoms with van der Waals surface area (Å²) >= 11 is 0. The van der Waals surface area contributed by atoms with E-state index in [1.165, 1.54) is 0 Å². The van der Waals surface area contributed by atoms with Crippen LogP contribution in [0.5, 0.6) is 0 Å². The zero-order valence-corrected chi connectivity index (χ0v) is 16.3. The Hall–Kier alpha value is -2.44. The molecule has 2 N–H and O–H groups in total. The molecule has 2 aromatic rings. The van der Waals surface area contributed by atoms with Gasteiger partial charge in [0.25, 0.3) is 0 Å². The van der Waals surface area contributed by atoms with Crippen LogP contribution in [0.4, 0.5) is 13.2 Å². The first-order valence-electron chi connectivity index (χ1n) is 8.53. The Morgan fingerprint density at radius 2 is 1.86 bits per heavy atom. The third-order valence-corrected chi connectivity index (χ3v) is 5.53. The molecule has 0 radical (unpaired) electrons. The second-order valence-corrected chi connectivity index (χ2v) is 8.30. The fourth-order valence-electron chi connectivity index (χ4n) is 2.78. The monoisotopic (exact) mass is 434 g/mol. The van der Waals surface area contributed by atoms with Gasteiger partial charge in [0, 0.05) is 38.3 Å². The minimum absolute atomic E-state index is 0.185. The number of sulfonamides is 1. The van der Waals surface area contributed by atoms with Crippen LogP contribution in [0.25, 0.3) is 0 Å². The third kappa shape index (κ3) is 6.84.